The summed E-state index contributed by atoms with van der Waals surface area (Å²) in [6.07, 6.45) is 2.39. The van der Waals surface area contributed by atoms with Crippen molar-refractivity contribution in [3.63, 3.8) is 0 Å². The molecule has 1 atom stereocenters. The summed E-state index contributed by atoms with van der Waals surface area (Å²) in [5.74, 6) is -1.03. The van der Waals surface area contributed by atoms with Gasteiger partial charge in [-0.2, -0.15) is 23.3 Å². The van der Waals surface area contributed by atoms with Gasteiger partial charge in [0.1, 0.15) is 5.92 Å². The van der Waals surface area contributed by atoms with E-state index >= 15 is 0 Å². The highest BCUT2D eigenvalue weighted by atomic mass is 19.4. The summed E-state index contributed by atoms with van der Waals surface area (Å²) in [6.45, 7) is 5.17. The van der Waals surface area contributed by atoms with Crippen molar-refractivity contribution in [2.75, 3.05) is 43.2 Å². The number of nitrogens with one attached hydrogen (secondary N) is 1. The van der Waals surface area contributed by atoms with Gasteiger partial charge in [-0.25, -0.2) is 9.99 Å². The fourth-order valence-corrected chi connectivity index (χ4v) is 5.71. The lowest BCUT2D eigenvalue weighted by atomic mass is 9.93. The molecule has 1 unspecified atom stereocenters. The summed E-state index contributed by atoms with van der Waals surface area (Å²) in [5.41, 5.74) is 0.644. The number of hydrogen-bond donors (Lipinski definition) is 1. The van der Waals surface area contributed by atoms with Crippen LogP contribution in [0.3, 0.4) is 0 Å². The Labute approximate surface area is 217 Å². The maximum absolute atomic E-state index is 13.6. The molecule has 3 aliphatic rings. The molecule has 2 fully saturated rings. The Bertz CT molecular complexity index is 1350. The smallest absolute Gasteiger partial charge is 0.379 e. The second-order valence-corrected chi connectivity index (χ2v) is 10.1. The highest BCUT2D eigenvalue weighted by Gasteiger charge is 2.39. The molecule has 0 radical (unpaired) electrons. The first-order valence-electron chi connectivity index (χ1n) is 13.2. The van der Waals surface area contributed by atoms with Crippen LogP contribution in [0.5, 0.6) is 0 Å². The molecule has 0 spiro atoms. The van der Waals surface area contributed by atoms with Crippen LogP contribution in [0.4, 0.5) is 24.8 Å². The zero-order valence-electron chi connectivity index (χ0n) is 21.2. The van der Waals surface area contributed by atoms with E-state index < -0.39 is 23.6 Å². The zero-order chi connectivity index (χ0) is 26.4. The molecule has 1 saturated heterocycles. The molecule has 3 aromatic rings. The van der Waals surface area contributed by atoms with E-state index in [0.29, 0.717) is 61.2 Å². The highest BCUT2D eigenvalue weighted by Crippen LogP contribution is 2.43. The Kier molecular flexibility index (Phi) is 6.47. The molecule has 1 amide bonds. The molecule has 2 aromatic heterocycles. The molecular weight excluding hydrogens is 499 g/mol. The van der Waals surface area contributed by atoms with Crippen LogP contribution in [-0.4, -0.2) is 63.5 Å². The highest BCUT2D eigenvalue weighted by molar-refractivity contribution is 6.06. The number of hydrazine groups is 1. The van der Waals surface area contributed by atoms with Crippen molar-refractivity contribution < 1.29 is 22.7 Å². The van der Waals surface area contributed by atoms with E-state index in [9.17, 15) is 18.0 Å². The molecule has 4 heterocycles. The average molecular weight is 530 g/mol. The summed E-state index contributed by atoms with van der Waals surface area (Å²) < 4.78 is 48.2. The zero-order valence-corrected chi connectivity index (χ0v) is 21.2. The molecule has 38 heavy (non-hydrogen) atoms. The Hall–Kier alpha value is -3.25. The van der Waals surface area contributed by atoms with Gasteiger partial charge in [-0.15, -0.1) is 0 Å². The minimum atomic E-state index is -4.53. The second-order valence-electron chi connectivity index (χ2n) is 10.1. The summed E-state index contributed by atoms with van der Waals surface area (Å²) >= 11 is 0. The predicted molar refractivity (Wildman–Crippen MR) is 135 cm³/mol. The number of anilines is 2. The molecule has 202 valence electrons. The molecule has 9 nitrogen and oxygen atoms in total. The van der Waals surface area contributed by atoms with Gasteiger partial charge in [0, 0.05) is 31.5 Å². The molecule has 12 heteroatoms. The van der Waals surface area contributed by atoms with Gasteiger partial charge in [-0.3, -0.25) is 14.5 Å². The number of hydrogen-bond acceptors (Lipinski definition) is 7. The molecule has 0 bridgehead atoms. The van der Waals surface area contributed by atoms with E-state index in [-0.39, 0.29) is 11.6 Å². The van der Waals surface area contributed by atoms with E-state index in [1.165, 1.54) is 6.07 Å². The topological polar surface area (TPSA) is 88.4 Å². The third-order valence-corrected chi connectivity index (χ3v) is 7.59. The Morgan fingerprint density at radius 3 is 2.63 bits per heavy atom. The van der Waals surface area contributed by atoms with Crippen molar-refractivity contribution in [3.05, 3.63) is 41.2 Å². The van der Waals surface area contributed by atoms with E-state index in [4.69, 9.17) is 19.8 Å². The standard InChI is InChI=1S/C26H30F3N7O2/c1-2-9-36(34-10-12-38-13-11-34)25-31-22(19-15-35(33-23(19)32-25)17-5-3-4-6-17)21-18-14-16(26(27,28)29)7-8-20(18)30-24(21)37/h7-8,14-15,17,21H,2-6,9-13H2,1H3,(H,30,37). The van der Waals surface area contributed by atoms with Gasteiger partial charge in [-0.1, -0.05) is 19.8 Å². The summed E-state index contributed by atoms with van der Waals surface area (Å²) in [7, 11) is 0. The second kappa shape index (κ2) is 9.81. The molecule has 6 rings (SSSR count). The molecule has 1 saturated carbocycles. The van der Waals surface area contributed by atoms with Gasteiger partial charge in [0.05, 0.1) is 35.9 Å². The van der Waals surface area contributed by atoms with Crippen LogP contribution >= 0.6 is 0 Å². The van der Waals surface area contributed by atoms with Crippen molar-refractivity contribution >= 4 is 28.6 Å². The number of amides is 1. The van der Waals surface area contributed by atoms with Crippen LogP contribution in [0, 0.1) is 0 Å². The fourth-order valence-electron chi connectivity index (χ4n) is 5.71. The Morgan fingerprint density at radius 1 is 1.16 bits per heavy atom. The van der Waals surface area contributed by atoms with E-state index in [1.807, 2.05) is 15.9 Å². The van der Waals surface area contributed by atoms with Crippen molar-refractivity contribution in [1.29, 1.82) is 0 Å². The Morgan fingerprint density at radius 2 is 1.92 bits per heavy atom. The van der Waals surface area contributed by atoms with Gasteiger partial charge in [0.15, 0.2) is 5.65 Å². The largest absolute Gasteiger partial charge is 0.416 e. The average Bonchev–Trinajstić information content (AvgIpc) is 3.64. The molecule has 1 N–H and O–H groups in total. The van der Waals surface area contributed by atoms with Crippen molar-refractivity contribution in [2.45, 2.75) is 57.2 Å². The van der Waals surface area contributed by atoms with Crippen LogP contribution in [0.25, 0.3) is 11.0 Å². The normalized spacial score (nSPS) is 20.7. The predicted octanol–water partition coefficient (Wildman–Crippen LogP) is 4.51. The van der Waals surface area contributed by atoms with Crippen LogP contribution in [0.1, 0.15) is 67.8 Å². The van der Waals surface area contributed by atoms with Gasteiger partial charge in [0.2, 0.25) is 11.9 Å². The van der Waals surface area contributed by atoms with E-state index in [1.54, 1.807) is 0 Å². The summed E-state index contributed by atoms with van der Waals surface area (Å²) in [5, 5.41) is 12.2. The van der Waals surface area contributed by atoms with Crippen LogP contribution in [0.2, 0.25) is 0 Å². The number of nitrogens with zero attached hydrogens (tertiary/aromatic N) is 6. The summed E-state index contributed by atoms with van der Waals surface area (Å²) in [6, 6.07) is 3.59. The number of aromatic nitrogens is 4. The maximum Gasteiger partial charge on any atom is 0.416 e. The van der Waals surface area contributed by atoms with Gasteiger partial charge < -0.3 is 10.1 Å². The maximum atomic E-state index is 13.6. The number of carbonyl (C=O) groups excluding carboxylic acids is 1. The number of rotatable bonds is 6. The lowest BCUT2D eigenvalue weighted by Gasteiger charge is -2.37. The number of fused-ring (bicyclic) bond motifs is 2. The first kappa shape index (κ1) is 25.1. The third-order valence-electron chi connectivity index (χ3n) is 7.59. The monoisotopic (exact) mass is 529 g/mol. The van der Waals surface area contributed by atoms with Crippen molar-refractivity contribution in [3.8, 4) is 0 Å². The minimum absolute atomic E-state index is 0.230. The number of carbonyl (C=O) groups is 1. The molecule has 1 aromatic carbocycles. The number of alkyl halides is 3. The SMILES string of the molecule is CCCN(c1nc(C2C(=O)Nc3ccc(C(F)(F)F)cc32)c2cn(C3CCCC3)nc2n1)N1CCOCC1. The van der Waals surface area contributed by atoms with Gasteiger partial charge >= 0.3 is 6.18 Å². The Balaban J connectivity index is 1.52. The van der Waals surface area contributed by atoms with Crippen molar-refractivity contribution in [2.24, 2.45) is 0 Å². The lowest BCUT2D eigenvalue weighted by molar-refractivity contribution is -0.137. The molecular formula is C26H30F3N7O2. The van der Waals surface area contributed by atoms with Crippen molar-refractivity contribution in [1.82, 2.24) is 24.8 Å². The first-order valence-corrected chi connectivity index (χ1v) is 13.2. The number of benzene rings is 1. The van der Waals surface area contributed by atoms with Crippen LogP contribution in [0.15, 0.2) is 24.4 Å². The minimum Gasteiger partial charge on any atom is -0.379 e. The number of morpholine rings is 1. The lowest BCUT2D eigenvalue weighted by Crippen LogP contribution is -2.50. The quantitative estimate of drug-likeness (QED) is 0.503. The fraction of sp³-hybridized carbons (Fsp3) is 0.538. The number of halogens is 3. The van der Waals surface area contributed by atoms with Crippen LogP contribution in [-0.2, 0) is 15.7 Å². The number of ether oxygens (including phenoxy) is 1. The van der Waals surface area contributed by atoms with E-state index in [0.717, 1.165) is 44.2 Å². The first-order chi connectivity index (χ1) is 18.3. The van der Waals surface area contributed by atoms with Gasteiger partial charge in [0.25, 0.3) is 0 Å². The van der Waals surface area contributed by atoms with Gasteiger partial charge in [-0.05, 0) is 43.0 Å². The third kappa shape index (κ3) is 4.49. The van der Waals surface area contributed by atoms with Crippen LogP contribution < -0.4 is 10.3 Å². The molecule has 2 aliphatic heterocycles. The van der Waals surface area contributed by atoms with E-state index in [2.05, 4.69) is 17.2 Å². The molecule has 1 aliphatic carbocycles. The summed E-state index contributed by atoms with van der Waals surface area (Å²) in [4.78, 5) is 23.0.